The number of esters is 1. The maximum absolute atomic E-state index is 11.9. The number of hydrogen-bond donors (Lipinski definition) is 1. The Balaban J connectivity index is 1.69. The Bertz CT molecular complexity index is 317. The molecule has 2 fully saturated rings. The molecule has 108 valence electrons. The molecular formula is C14H22O5. The fourth-order valence-corrected chi connectivity index (χ4v) is 3.41. The molecule has 0 aromatic rings. The van der Waals surface area contributed by atoms with Gasteiger partial charge >= 0.3 is 5.97 Å². The summed E-state index contributed by atoms with van der Waals surface area (Å²) in [7, 11) is 0. The number of aliphatic hydroxyl groups is 1. The largest absolute Gasteiger partial charge is 0.465 e. The molecule has 2 aliphatic carbocycles. The van der Waals surface area contributed by atoms with Crippen molar-refractivity contribution in [1.82, 2.24) is 0 Å². The molecule has 0 aromatic carbocycles. The first-order chi connectivity index (χ1) is 9.20. The highest BCUT2D eigenvalue weighted by Crippen LogP contribution is 2.44. The Hall–Kier alpha value is -1.10. The number of carbonyl (C=O) groups is 2. The molecule has 19 heavy (non-hydrogen) atoms. The van der Waals surface area contributed by atoms with Crippen LogP contribution in [0.3, 0.4) is 0 Å². The van der Waals surface area contributed by atoms with Gasteiger partial charge in [0.1, 0.15) is 19.3 Å². The summed E-state index contributed by atoms with van der Waals surface area (Å²) in [6.45, 7) is 0.0375. The van der Waals surface area contributed by atoms with Gasteiger partial charge in [0.15, 0.2) is 0 Å². The highest BCUT2D eigenvalue weighted by atomic mass is 16.6. The van der Waals surface area contributed by atoms with Gasteiger partial charge in [0.2, 0.25) is 0 Å². The molecule has 0 heterocycles. The molecule has 5 nitrogen and oxygen atoms in total. The van der Waals surface area contributed by atoms with E-state index in [0.717, 1.165) is 25.2 Å². The molecule has 0 bridgehead atoms. The fourth-order valence-electron chi connectivity index (χ4n) is 3.41. The van der Waals surface area contributed by atoms with Gasteiger partial charge in [-0.05, 0) is 31.1 Å². The van der Waals surface area contributed by atoms with E-state index in [0.29, 0.717) is 5.92 Å². The van der Waals surface area contributed by atoms with Crippen molar-refractivity contribution >= 4 is 12.4 Å². The maximum atomic E-state index is 11.9. The molecule has 2 saturated carbocycles. The normalized spacial score (nSPS) is 31.3. The number of ether oxygens (including phenoxy) is 2. The topological polar surface area (TPSA) is 72.8 Å². The zero-order valence-electron chi connectivity index (χ0n) is 11.1. The van der Waals surface area contributed by atoms with Crippen molar-refractivity contribution in [2.45, 2.75) is 44.6 Å². The second-order valence-corrected chi connectivity index (χ2v) is 5.67. The zero-order valence-corrected chi connectivity index (χ0v) is 11.1. The fraction of sp³-hybridized carbons (Fsp3) is 0.857. The number of rotatable bonds is 6. The Morgan fingerprint density at radius 2 is 2.00 bits per heavy atom. The molecule has 0 amide bonds. The van der Waals surface area contributed by atoms with E-state index < -0.39 is 6.10 Å². The average Bonchev–Trinajstić information content (AvgIpc) is 2.89. The Morgan fingerprint density at radius 3 is 2.79 bits per heavy atom. The van der Waals surface area contributed by atoms with E-state index in [4.69, 9.17) is 4.74 Å². The minimum atomic E-state index is -0.933. The lowest BCUT2D eigenvalue weighted by molar-refractivity contribution is -0.155. The number of fused-ring (bicyclic) bond motifs is 1. The second-order valence-electron chi connectivity index (χ2n) is 5.67. The van der Waals surface area contributed by atoms with E-state index in [2.05, 4.69) is 4.74 Å². The quantitative estimate of drug-likeness (QED) is 0.581. The van der Waals surface area contributed by atoms with Gasteiger partial charge in [-0.25, -0.2) is 0 Å². The van der Waals surface area contributed by atoms with Crippen molar-refractivity contribution in [2.75, 3.05) is 13.2 Å². The lowest BCUT2D eigenvalue weighted by Gasteiger charge is -2.30. The van der Waals surface area contributed by atoms with Crippen LogP contribution in [0.5, 0.6) is 0 Å². The lowest BCUT2D eigenvalue weighted by Crippen LogP contribution is -2.30. The molecule has 4 atom stereocenters. The van der Waals surface area contributed by atoms with E-state index in [1.165, 1.54) is 19.3 Å². The van der Waals surface area contributed by atoms with Gasteiger partial charge in [0.25, 0.3) is 6.47 Å². The predicted octanol–water partition coefficient (Wildman–Crippen LogP) is 1.28. The average molecular weight is 270 g/mol. The number of carbonyl (C=O) groups excluding carboxylic acids is 2. The summed E-state index contributed by atoms with van der Waals surface area (Å²) in [5, 5.41) is 9.42. The molecule has 0 aromatic heterocycles. The van der Waals surface area contributed by atoms with Crippen molar-refractivity contribution in [3.05, 3.63) is 0 Å². The van der Waals surface area contributed by atoms with Crippen LogP contribution in [0.2, 0.25) is 0 Å². The summed E-state index contributed by atoms with van der Waals surface area (Å²) in [5.74, 6) is 1.28. The van der Waals surface area contributed by atoms with Crippen LogP contribution in [-0.4, -0.2) is 36.9 Å². The molecule has 0 radical (unpaired) electrons. The molecule has 0 spiro atoms. The predicted molar refractivity (Wildman–Crippen MR) is 67.2 cm³/mol. The highest BCUT2D eigenvalue weighted by molar-refractivity contribution is 5.72. The Kier molecular flexibility index (Phi) is 5.19. The molecule has 4 unspecified atom stereocenters. The maximum Gasteiger partial charge on any atom is 0.309 e. The van der Waals surface area contributed by atoms with Gasteiger partial charge in [-0.2, -0.15) is 0 Å². The van der Waals surface area contributed by atoms with Crippen LogP contribution in [-0.2, 0) is 19.1 Å². The monoisotopic (exact) mass is 270 g/mol. The van der Waals surface area contributed by atoms with E-state index in [1.807, 2.05) is 0 Å². The standard InChI is InChI=1S/C14H22O5/c15-9-18-7-13(16)8-19-14(17)12-5-4-10-2-1-3-11(10)6-12/h9-13,16H,1-8H2. The minimum Gasteiger partial charge on any atom is -0.465 e. The molecule has 2 rings (SSSR count). The smallest absolute Gasteiger partial charge is 0.309 e. The van der Waals surface area contributed by atoms with Crippen LogP contribution in [0.15, 0.2) is 0 Å². The van der Waals surface area contributed by atoms with E-state index in [1.54, 1.807) is 0 Å². The molecule has 0 aliphatic heterocycles. The number of aliphatic hydroxyl groups excluding tert-OH is 1. The number of hydrogen-bond acceptors (Lipinski definition) is 5. The lowest BCUT2D eigenvalue weighted by atomic mass is 9.76. The Labute approximate surface area is 113 Å². The van der Waals surface area contributed by atoms with Crippen LogP contribution in [0.4, 0.5) is 0 Å². The molecular weight excluding hydrogens is 248 g/mol. The molecule has 0 saturated heterocycles. The minimum absolute atomic E-state index is 0.0152. The van der Waals surface area contributed by atoms with E-state index in [-0.39, 0.29) is 31.6 Å². The Morgan fingerprint density at radius 1 is 1.21 bits per heavy atom. The van der Waals surface area contributed by atoms with Crippen molar-refractivity contribution in [3.63, 3.8) is 0 Å². The van der Waals surface area contributed by atoms with Gasteiger partial charge < -0.3 is 14.6 Å². The zero-order chi connectivity index (χ0) is 13.7. The summed E-state index contributed by atoms with van der Waals surface area (Å²) in [4.78, 5) is 21.9. The first kappa shape index (κ1) is 14.3. The summed E-state index contributed by atoms with van der Waals surface area (Å²) in [6, 6.07) is 0. The highest BCUT2D eigenvalue weighted by Gasteiger charge is 2.37. The molecule has 1 N–H and O–H groups in total. The van der Waals surface area contributed by atoms with Gasteiger partial charge in [-0.15, -0.1) is 0 Å². The van der Waals surface area contributed by atoms with Gasteiger partial charge in [-0.1, -0.05) is 19.3 Å². The summed E-state index contributed by atoms with van der Waals surface area (Å²) >= 11 is 0. The second kappa shape index (κ2) is 6.89. The van der Waals surface area contributed by atoms with Gasteiger partial charge in [0.05, 0.1) is 5.92 Å². The summed E-state index contributed by atoms with van der Waals surface area (Å²) < 4.78 is 9.51. The van der Waals surface area contributed by atoms with Crippen LogP contribution in [0, 0.1) is 17.8 Å². The summed E-state index contributed by atoms with van der Waals surface area (Å²) in [6.07, 6.45) is 5.88. The van der Waals surface area contributed by atoms with Crippen molar-refractivity contribution in [3.8, 4) is 0 Å². The van der Waals surface area contributed by atoms with Crippen LogP contribution in [0.1, 0.15) is 38.5 Å². The van der Waals surface area contributed by atoms with Gasteiger partial charge in [-0.3, -0.25) is 9.59 Å². The molecule has 2 aliphatic rings. The van der Waals surface area contributed by atoms with Crippen molar-refractivity contribution < 1.29 is 24.2 Å². The van der Waals surface area contributed by atoms with E-state index in [9.17, 15) is 14.7 Å². The third kappa shape index (κ3) is 3.93. The third-order valence-electron chi connectivity index (χ3n) is 4.40. The van der Waals surface area contributed by atoms with E-state index >= 15 is 0 Å². The SMILES string of the molecule is O=COCC(O)COC(=O)C1CCC2CCCC2C1. The first-order valence-electron chi connectivity index (χ1n) is 7.10. The van der Waals surface area contributed by atoms with Gasteiger partial charge in [0, 0.05) is 0 Å². The molecule has 5 heteroatoms. The summed E-state index contributed by atoms with van der Waals surface area (Å²) in [5.41, 5.74) is 0. The van der Waals surface area contributed by atoms with Crippen LogP contribution < -0.4 is 0 Å². The van der Waals surface area contributed by atoms with Crippen LogP contribution >= 0.6 is 0 Å². The third-order valence-corrected chi connectivity index (χ3v) is 4.40. The van der Waals surface area contributed by atoms with Crippen molar-refractivity contribution in [1.29, 1.82) is 0 Å². The van der Waals surface area contributed by atoms with Crippen molar-refractivity contribution in [2.24, 2.45) is 17.8 Å². The van der Waals surface area contributed by atoms with Crippen LogP contribution in [0.25, 0.3) is 0 Å². The first-order valence-corrected chi connectivity index (χ1v) is 7.10.